The van der Waals surface area contributed by atoms with Crippen molar-refractivity contribution in [1.82, 2.24) is 0 Å². The van der Waals surface area contributed by atoms with Crippen molar-refractivity contribution in [2.75, 3.05) is 6.61 Å². The van der Waals surface area contributed by atoms with Crippen LogP contribution in [0.5, 0.6) is 0 Å². The Bertz CT molecular complexity index is 186. The Balaban J connectivity index is 1.60. The number of rotatable bonds is 16. The molecule has 1 nitrogen and oxygen atoms in total. The predicted molar refractivity (Wildman–Crippen MR) is 89.0 cm³/mol. The second-order valence-corrected chi connectivity index (χ2v) is 6.51. The molecule has 1 heterocycles. The van der Waals surface area contributed by atoms with Gasteiger partial charge in [-0.1, -0.05) is 96.8 Å². The van der Waals surface area contributed by atoms with Gasteiger partial charge in [-0.15, -0.1) is 0 Å². The third-order valence-corrected chi connectivity index (χ3v) is 4.34. The van der Waals surface area contributed by atoms with Crippen molar-refractivity contribution in [2.45, 2.75) is 109 Å². The first-order valence-corrected chi connectivity index (χ1v) is 9.36. The summed E-state index contributed by atoms with van der Waals surface area (Å²) in [4.78, 5) is 0. The van der Waals surface area contributed by atoms with Gasteiger partial charge in [0.05, 0.1) is 12.7 Å². The van der Waals surface area contributed by atoms with E-state index in [9.17, 15) is 0 Å². The second kappa shape index (κ2) is 13.9. The van der Waals surface area contributed by atoms with Gasteiger partial charge in [0.1, 0.15) is 0 Å². The molecule has 1 saturated heterocycles. The molecular weight excluding hydrogens is 244 g/mol. The first-order valence-electron chi connectivity index (χ1n) is 9.36. The van der Waals surface area contributed by atoms with Crippen LogP contribution in [-0.4, -0.2) is 12.7 Å². The first kappa shape index (κ1) is 18.0. The monoisotopic (exact) mass is 281 g/mol. The van der Waals surface area contributed by atoms with E-state index in [4.69, 9.17) is 4.74 Å². The van der Waals surface area contributed by atoms with Crippen LogP contribution in [0.25, 0.3) is 0 Å². The van der Waals surface area contributed by atoms with E-state index < -0.39 is 0 Å². The van der Waals surface area contributed by atoms with Gasteiger partial charge in [-0.05, 0) is 12.8 Å². The topological polar surface area (TPSA) is 12.5 Å². The van der Waals surface area contributed by atoms with E-state index >= 15 is 0 Å². The molecule has 0 spiro atoms. The number of hydrogen-bond acceptors (Lipinski definition) is 1. The van der Waals surface area contributed by atoms with Crippen molar-refractivity contribution in [2.24, 2.45) is 0 Å². The van der Waals surface area contributed by atoms with E-state index in [-0.39, 0.29) is 0 Å². The number of unbranched alkanes of at least 4 members (excludes halogenated alkanes) is 14. The molecule has 1 aliphatic heterocycles. The maximum Gasteiger partial charge on any atom is 0.0812 e. The van der Waals surface area contributed by atoms with Crippen LogP contribution in [0.3, 0.4) is 0 Å². The molecule has 119 valence electrons. The van der Waals surface area contributed by atoms with Crippen molar-refractivity contribution >= 4 is 0 Å². The molecule has 1 rings (SSSR count). The van der Waals surface area contributed by atoms with Gasteiger partial charge in [0.15, 0.2) is 0 Å². The van der Waals surface area contributed by atoms with E-state index in [1.807, 2.05) is 0 Å². The summed E-state index contributed by atoms with van der Waals surface area (Å²) in [5.74, 6) is 0. The van der Waals surface area contributed by atoms with Gasteiger partial charge >= 0.3 is 0 Å². The molecule has 20 heavy (non-hydrogen) atoms. The molecular formula is C19H37O. The van der Waals surface area contributed by atoms with Crippen LogP contribution < -0.4 is 0 Å². The largest absolute Gasteiger partial charge is 0.373 e. The highest BCUT2D eigenvalue weighted by atomic mass is 16.6. The van der Waals surface area contributed by atoms with Gasteiger partial charge < -0.3 is 4.74 Å². The minimum atomic E-state index is 0.594. The average molecular weight is 282 g/mol. The van der Waals surface area contributed by atoms with Gasteiger partial charge in [0, 0.05) is 0 Å². The summed E-state index contributed by atoms with van der Waals surface area (Å²) in [6, 6.07) is 0. The number of epoxide rings is 1. The summed E-state index contributed by atoms with van der Waals surface area (Å²) in [7, 11) is 0. The quantitative estimate of drug-likeness (QED) is 0.233. The fourth-order valence-electron chi connectivity index (χ4n) is 2.81. The summed E-state index contributed by atoms with van der Waals surface area (Å²) in [6.45, 7) is 3.30. The van der Waals surface area contributed by atoms with Crippen molar-refractivity contribution < 1.29 is 4.74 Å². The smallest absolute Gasteiger partial charge is 0.0812 e. The summed E-state index contributed by atoms with van der Waals surface area (Å²) in [5.41, 5.74) is 0. The summed E-state index contributed by atoms with van der Waals surface area (Å²) in [5, 5.41) is 0. The van der Waals surface area contributed by atoms with Gasteiger partial charge in [-0.25, -0.2) is 0 Å². The summed E-state index contributed by atoms with van der Waals surface area (Å²) in [6.07, 6.45) is 24.3. The highest BCUT2D eigenvalue weighted by Gasteiger charge is 2.20. The Hall–Kier alpha value is -0.0400. The molecule has 1 atom stereocenters. The number of hydrogen-bond donors (Lipinski definition) is 0. The summed E-state index contributed by atoms with van der Waals surface area (Å²) >= 11 is 0. The molecule has 0 amide bonds. The standard InChI is InChI=1S/C19H37O/c1-2-3-4-5-6-7-8-9-10-11-12-13-14-15-16-17-19-18-20-19/h16,19H,2-15,17-18H2,1H3. The minimum Gasteiger partial charge on any atom is -0.373 e. The minimum absolute atomic E-state index is 0.594. The van der Waals surface area contributed by atoms with Crippen molar-refractivity contribution in [3.05, 3.63) is 6.42 Å². The second-order valence-electron chi connectivity index (χ2n) is 6.51. The van der Waals surface area contributed by atoms with Gasteiger partial charge in [0.25, 0.3) is 0 Å². The predicted octanol–water partition coefficient (Wildman–Crippen LogP) is 6.46. The molecule has 0 saturated carbocycles. The fourth-order valence-corrected chi connectivity index (χ4v) is 2.81. The third kappa shape index (κ3) is 13.0. The Kier molecular flexibility index (Phi) is 12.5. The van der Waals surface area contributed by atoms with Crippen LogP contribution in [-0.2, 0) is 4.74 Å². The van der Waals surface area contributed by atoms with Crippen LogP contribution in [0, 0.1) is 6.42 Å². The molecule has 0 bridgehead atoms. The lowest BCUT2D eigenvalue weighted by molar-refractivity contribution is 0.403. The SMILES string of the molecule is CCCCCCCCCCCCCCC[CH]CC1CO1. The van der Waals surface area contributed by atoms with E-state index in [1.54, 1.807) is 0 Å². The zero-order valence-electron chi connectivity index (χ0n) is 13.9. The van der Waals surface area contributed by atoms with Crippen LogP contribution in [0.15, 0.2) is 0 Å². The van der Waals surface area contributed by atoms with Gasteiger partial charge in [0.2, 0.25) is 0 Å². The number of ether oxygens (including phenoxy) is 1. The van der Waals surface area contributed by atoms with Crippen LogP contribution in [0.1, 0.15) is 103 Å². The highest BCUT2D eigenvalue weighted by Crippen LogP contribution is 2.18. The Labute approximate surface area is 127 Å². The van der Waals surface area contributed by atoms with Crippen LogP contribution in [0.2, 0.25) is 0 Å². The summed E-state index contributed by atoms with van der Waals surface area (Å²) < 4.78 is 5.20. The molecule has 0 N–H and O–H groups in total. The van der Waals surface area contributed by atoms with Crippen molar-refractivity contribution in [1.29, 1.82) is 0 Å². The molecule has 0 aliphatic carbocycles. The highest BCUT2D eigenvalue weighted by molar-refractivity contribution is 4.77. The average Bonchev–Trinajstić information content (AvgIpc) is 3.27. The normalized spacial score (nSPS) is 17.6. The lowest BCUT2D eigenvalue weighted by Crippen LogP contribution is -1.87. The molecule has 1 heteroatoms. The van der Waals surface area contributed by atoms with E-state index in [0.717, 1.165) is 6.61 Å². The van der Waals surface area contributed by atoms with Crippen LogP contribution >= 0.6 is 0 Å². The fraction of sp³-hybridized carbons (Fsp3) is 0.947. The molecule has 1 radical (unpaired) electrons. The van der Waals surface area contributed by atoms with E-state index in [1.165, 1.54) is 96.3 Å². The van der Waals surface area contributed by atoms with E-state index in [2.05, 4.69) is 13.3 Å². The van der Waals surface area contributed by atoms with E-state index in [0.29, 0.717) is 6.10 Å². The maximum absolute atomic E-state index is 5.20. The molecule has 1 fully saturated rings. The van der Waals surface area contributed by atoms with Crippen molar-refractivity contribution in [3.8, 4) is 0 Å². The molecule has 1 aliphatic rings. The lowest BCUT2D eigenvalue weighted by Gasteiger charge is -2.03. The molecule has 0 aromatic rings. The van der Waals surface area contributed by atoms with Crippen LogP contribution in [0.4, 0.5) is 0 Å². The lowest BCUT2D eigenvalue weighted by atomic mass is 10.0. The zero-order valence-corrected chi connectivity index (χ0v) is 13.9. The van der Waals surface area contributed by atoms with Gasteiger partial charge in [-0.3, -0.25) is 0 Å². The third-order valence-electron chi connectivity index (χ3n) is 4.34. The zero-order chi connectivity index (χ0) is 14.3. The first-order chi connectivity index (χ1) is 9.93. The Morgan fingerprint density at radius 2 is 1.20 bits per heavy atom. The maximum atomic E-state index is 5.20. The molecule has 0 aromatic carbocycles. The van der Waals surface area contributed by atoms with Crippen molar-refractivity contribution in [3.63, 3.8) is 0 Å². The Morgan fingerprint density at radius 3 is 1.65 bits per heavy atom. The molecule has 1 unspecified atom stereocenters. The molecule has 0 aromatic heterocycles. The van der Waals surface area contributed by atoms with Gasteiger partial charge in [-0.2, -0.15) is 0 Å². The Morgan fingerprint density at radius 1 is 0.750 bits per heavy atom.